The highest BCUT2D eigenvalue weighted by molar-refractivity contribution is 6.30. The number of halogens is 1. The minimum Gasteiger partial charge on any atom is -0.493 e. The number of ether oxygens (including phenoxy) is 2. The quantitative estimate of drug-likeness (QED) is 0.865. The summed E-state index contributed by atoms with van der Waals surface area (Å²) in [5.41, 5.74) is 1.46. The van der Waals surface area contributed by atoms with Crippen molar-refractivity contribution in [3.8, 4) is 11.6 Å². The van der Waals surface area contributed by atoms with Crippen molar-refractivity contribution in [2.24, 2.45) is 0 Å². The average molecular weight is 333 g/mol. The zero-order valence-electron chi connectivity index (χ0n) is 13.0. The molecular formula is C17H17ClN2O3. The lowest BCUT2D eigenvalue weighted by molar-refractivity contribution is -0.120. The fourth-order valence-electron chi connectivity index (χ4n) is 2.77. The maximum Gasteiger partial charge on any atom is 0.237 e. The lowest BCUT2D eigenvalue weighted by Gasteiger charge is -2.29. The number of carbonyl (C=O) groups excluding carboxylic acids is 1. The third kappa shape index (κ3) is 2.97. The van der Waals surface area contributed by atoms with E-state index in [1.54, 1.807) is 36.3 Å². The highest BCUT2D eigenvalue weighted by Gasteiger charge is 2.31. The van der Waals surface area contributed by atoms with Gasteiger partial charge in [-0.25, -0.2) is 4.98 Å². The van der Waals surface area contributed by atoms with E-state index < -0.39 is 0 Å². The van der Waals surface area contributed by atoms with Gasteiger partial charge < -0.3 is 14.4 Å². The second-order valence-electron chi connectivity index (χ2n) is 5.30. The van der Waals surface area contributed by atoms with E-state index in [0.29, 0.717) is 35.4 Å². The van der Waals surface area contributed by atoms with E-state index >= 15 is 0 Å². The van der Waals surface area contributed by atoms with Crippen LogP contribution in [0.4, 0.5) is 5.69 Å². The van der Waals surface area contributed by atoms with Crippen molar-refractivity contribution in [3.63, 3.8) is 0 Å². The van der Waals surface area contributed by atoms with E-state index in [2.05, 4.69) is 4.98 Å². The minimum atomic E-state index is -0.299. The van der Waals surface area contributed by atoms with Crippen LogP contribution >= 0.6 is 11.6 Å². The molecule has 2 aromatic rings. The van der Waals surface area contributed by atoms with Gasteiger partial charge in [0.25, 0.3) is 0 Å². The third-order valence-electron chi connectivity index (χ3n) is 3.95. The molecule has 0 bridgehead atoms. The highest BCUT2D eigenvalue weighted by Crippen LogP contribution is 2.37. The summed E-state index contributed by atoms with van der Waals surface area (Å²) in [6, 6.07) is 8.95. The zero-order chi connectivity index (χ0) is 16.4. The van der Waals surface area contributed by atoms with E-state index in [9.17, 15) is 4.79 Å². The second-order valence-corrected chi connectivity index (χ2v) is 5.74. The van der Waals surface area contributed by atoms with Gasteiger partial charge in [-0.2, -0.15) is 0 Å². The van der Waals surface area contributed by atoms with Crippen LogP contribution in [0, 0.1) is 0 Å². The number of anilines is 1. The Morgan fingerprint density at radius 3 is 3.04 bits per heavy atom. The molecule has 0 N–H and O–H groups in total. The molecule has 120 valence electrons. The van der Waals surface area contributed by atoms with Crippen molar-refractivity contribution >= 4 is 23.2 Å². The van der Waals surface area contributed by atoms with Crippen molar-refractivity contribution in [1.29, 1.82) is 0 Å². The molecule has 5 nitrogen and oxygen atoms in total. The first-order valence-corrected chi connectivity index (χ1v) is 7.68. The number of hydrogen-bond acceptors (Lipinski definition) is 4. The van der Waals surface area contributed by atoms with Gasteiger partial charge in [0.15, 0.2) is 0 Å². The summed E-state index contributed by atoms with van der Waals surface area (Å²) >= 11 is 6.08. The molecule has 1 aliphatic rings. The molecule has 6 heteroatoms. The maximum absolute atomic E-state index is 13.0. The van der Waals surface area contributed by atoms with E-state index in [1.807, 2.05) is 12.1 Å². The van der Waals surface area contributed by atoms with Crippen LogP contribution in [-0.4, -0.2) is 31.7 Å². The monoisotopic (exact) mass is 332 g/mol. The number of benzene rings is 1. The molecule has 1 aromatic heterocycles. The third-order valence-corrected chi connectivity index (χ3v) is 4.18. The molecule has 0 radical (unpaired) electrons. The van der Waals surface area contributed by atoms with Crippen molar-refractivity contribution in [3.05, 3.63) is 47.1 Å². The highest BCUT2D eigenvalue weighted by atomic mass is 35.5. The van der Waals surface area contributed by atoms with Gasteiger partial charge in [0.1, 0.15) is 11.4 Å². The van der Waals surface area contributed by atoms with Gasteiger partial charge in [0, 0.05) is 23.8 Å². The molecule has 1 atom stereocenters. The largest absolute Gasteiger partial charge is 0.493 e. The number of carbonyl (C=O) groups is 1. The standard InChI is InChI=1S/C17H17ClN2O3/c1-20(14-4-3-8-19-16(14)22-2)17(21)12-7-9-23-15-6-5-11(18)10-13(12)15/h3-6,8,10,12H,7,9H2,1-2H3/t12-/m1/s1. The number of rotatable bonds is 3. The maximum atomic E-state index is 13.0. The van der Waals surface area contributed by atoms with Crippen LogP contribution < -0.4 is 14.4 Å². The number of hydrogen-bond donors (Lipinski definition) is 0. The molecule has 2 heterocycles. The molecule has 1 aliphatic heterocycles. The molecule has 23 heavy (non-hydrogen) atoms. The minimum absolute atomic E-state index is 0.0388. The summed E-state index contributed by atoms with van der Waals surface area (Å²) in [4.78, 5) is 18.7. The Balaban J connectivity index is 1.94. The van der Waals surface area contributed by atoms with Crippen LogP contribution in [0.25, 0.3) is 0 Å². The van der Waals surface area contributed by atoms with Crippen molar-refractivity contribution in [1.82, 2.24) is 4.98 Å². The first-order valence-electron chi connectivity index (χ1n) is 7.30. The van der Waals surface area contributed by atoms with E-state index in [4.69, 9.17) is 21.1 Å². The lowest BCUT2D eigenvalue weighted by Crippen LogP contribution is -2.34. The Hall–Kier alpha value is -2.27. The van der Waals surface area contributed by atoms with Gasteiger partial charge in [0.2, 0.25) is 11.8 Å². The van der Waals surface area contributed by atoms with E-state index in [1.165, 1.54) is 7.11 Å². The Labute approximate surface area is 139 Å². The van der Waals surface area contributed by atoms with Crippen LogP contribution in [0.2, 0.25) is 5.02 Å². The van der Waals surface area contributed by atoms with Gasteiger partial charge in [0.05, 0.1) is 19.6 Å². The van der Waals surface area contributed by atoms with Crippen LogP contribution in [0.5, 0.6) is 11.6 Å². The van der Waals surface area contributed by atoms with Crippen LogP contribution in [0.3, 0.4) is 0 Å². The predicted molar refractivity (Wildman–Crippen MR) is 88.5 cm³/mol. The number of pyridine rings is 1. The fraction of sp³-hybridized carbons (Fsp3) is 0.294. The first-order chi connectivity index (χ1) is 11.1. The van der Waals surface area contributed by atoms with E-state index in [0.717, 1.165) is 5.56 Å². The smallest absolute Gasteiger partial charge is 0.237 e. The van der Waals surface area contributed by atoms with Gasteiger partial charge in [-0.15, -0.1) is 0 Å². The summed E-state index contributed by atoms with van der Waals surface area (Å²) in [7, 11) is 3.26. The molecule has 3 rings (SSSR count). The Morgan fingerprint density at radius 1 is 1.43 bits per heavy atom. The summed E-state index contributed by atoms with van der Waals surface area (Å²) in [6.07, 6.45) is 2.24. The summed E-state index contributed by atoms with van der Waals surface area (Å²) in [6.45, 7) is 0.503. The zero-order valence-corrected chi connectivity index (χ0v) is 13.7. The average Bonchev–Trinajstić information content (AvgIpc) is 2.59. The lowest BCUT2D eigenvalue weighted by atomic mass is 9.91. The Kier molecular flexibility index (Phi) is 4.39. The number of likely N-dealkylation sites (N-methyl/N-ethyl adjacent to an activating group) is 1. The molecule has 0 spiro atoms. The Morgan fingerprint density at radius 2 is 2.26 bits per heavy atom. The number of fused-ring (bicyclic) bond motifs is 1. The van der Waals surface area contributed by atoms with Crippen molar-refractivity contribution < 1.29 is 14.3 Å². The molecule has 0 saturated heterocycles. The summed E-state index contributed by atoms with van der Waals surface area (Å²) in [5.74, 6) is 0.794. The molecule has 0 unspecified atom stereocenters. The van der Waals surface area contributed by atoms with E-state index in [-0.39, 0.29) is 11.8 Å². The molecule has 0 saturated carbocycles. The fourth-order valence-corrected chi connectivity index (χ4v) is 2.95. The summed E-state index contributed by atoms with van der Waals surface area (Å²) in [5, 5.41) is 0.591. The number of methoxy groups -OCH3 is 1. The first kappa shape index (κ1) is 15.6. The Bertz CT molecular complexity index is 736. The van der Waals surface area contributed by atoms with Crippen LogP contribution in [-0.2, 0) is 4.79 Å². The van der Waals surface area contributed by atoms with Gasteiger partial charge in [-0.05, 0) is 36.8 Å². The van der Waals surface area contributed by atoms with Crippen LogP contribution in [0.1, 0.15) is 17.9 Å². The predicted octanol–water partition coefficient (Wildman–Crippen LogP) is 3.27. The molecule has 1 aromatic carbocycles. The second kappa shape index (κ2) is 6.46. The molecule has 1 amide bonds. The number of amides is 1. The van der Waals surface area contributed by atoms with Crippen LogP contribution in [0.15, 0.2) is 36.5 Å². The van der Waals surface area contributed by atoms with Crippen molar-refractivity contribution in [2.75, 3.05) is 25.7 Å². The normalized spacial score (nSPS) is 16.2. The molecule has 0 fully saturated rings. The van der Waals surface area contributed by atoms with Gasteiger partial charge in [-0.1, -0.05) is 11.6 Å². The summed E-state index contributed by atoms with van der Waals surface area (Å²) < 4.78 is 10.9. The number of nitrogens with zero attached hydrogens (tertiary/aromatic N) is 2. The number of aromatic nitrogens is 1. The van der Waals surface area contributed by atoms with Crippen molar-refractivity contribution in [2.45, 2.75) is 12.3 Å². The van der Waals surface area contributed by atoms with Gasteiger partial charge in [-0.3, -0.25) is 4.79 Å². The van der Waals surface area contributed by atoms with Gasteiger partial charge >= 0.3 is 0 Å². The SMILES string of the molecule is COc1ncccc1N(C)C(=O)[C@@H]1CCOc2ccc(Cl)cc21. The molecular weight excluding hydrogens is 316 g/mol. The molecule has 0 aliphatic carbocycles. The topological polar surface area (TPSA) is 51.7 Å².